The summed E-state index contributed by atoms with van der Waals surface area (Å²) < 4.78 is 33.2. The number of nitrogens with one attached hydrogen (secondary N) is 1. The summed E-state index contributed by atoms with van der Waals surface area (Å²) in [4.78, 5) is 0.633. The molecule has 9 heteroatoms. The van der Waals surface area contributed by atoms with Crippen LogP contribution < -0.4 is 4.72 Å². The van der Waals surface area contributed by atoms with Crippen LogP contribution in [0, 0.1) is 0 Å². The molecule has 0 fully saturated rings. The molecule has 0 amide bonds. The Hall–Kier alpha value is -0.970. The molecule has 0 saturated heterocycles. The van der Waals surface area contributed by atoms with Gasteiger partial charge in [-0.05, 0) is 45.6 Å². The van der Waals surface area contributed by atoms with Crippen LogP contribution in [-0.4, -0.2) is 20.1 Å². The van der Waals surface area contributed by atoms with Crippen molar-refractivity contribution in [3.63, 3.8) is 0 Å². The van der Waals surface area contributed by atoms with Crippen LogP contribution in [0.2, 0.25) is 0 Å². The van der Waals surface area contributed by atoms with Crippen LogP contribution in [0.4, 0.5) is 0 Å². The van der Waals surface area contributed by atoms with Gasteiger partial charge in [0, 0.05) is 17.0 Å². The van der Waals surface area contributed by atoms with Gasteiger partial charge in [0.2, 0.25) is 10.0 Å². The molecule has 0 saturated carbocycles. The highest BCUT2D eigenvalue weighted by Gasteiger charge is 2.35. The van der Waals surface area contributed by atoms with Crippen molar-refractivity contribution in [2.45, 2.75) is 9.81 Å². The molecule has 0 unspecified atom stereocenters. The first kappa shape index (κ1) is 16.9. The smallest absolute Gasteiger partial charge is 0.250 e. The van der Waals surface area contributed by atoms with E-state index in [0.717, 1.165) is 15.1 Å². The molecule has 0 spiro atoms. The minimum atomic E-state index is -3.70. The zero-order chi connectivity index (χ0) is 16.5. The highest BCUT2D eigenvalue weighted by atomic mass is 79.9. The molecular weight excluding hydrogens is 422 g/mol. The molecule has 5 nitrogen and oxygen atoms in total. The first-order valence-corrected chi connectivity index (χ1v) is 10.4. The van der Waals surface area contributed by atoms with Gasteiger partial charge in [-0.2, -0.15) is 0 Å². The van der Waals surface area contributed by atoms with Crippen molar-refractivity contribution in [3.8, 4) is 0 Å². The van der Waals surface area contributed by atoms with E-state index in [1.807, 2.05) is 5.38 Å². The van der Waals surface area contributed by atoms with E-state index in [2.05, 4.69) is 20.7 Å². The fourth-order valence-corrected chi connectivity index (χ4v) is 6.02. The quantitative estimate of drug-likeness (QED) is 0.624. The Morgan fingerprint density at radius 2 is 2.13 bits per heavy atom. The van der Waals surface area contributed by atoms with E-state index in [0.29, 0.717) is 10.4 Å². The molecule has 1 atom stereocenters. The van der Waals surface area contributed by atoms with Crippen molar-refractivity contribution >= 4 is 48.6 Å². The maximum absolute atomic E-state index is 12.4. The molecule has 3 aromatic rings. The summed E-state index contributed by atoms with van der Waals surface area (Å²) >= 11 is 5.70. The molecule has 3 aromatic heterocycles. The monoisotopic (exact) mass is 433 g/mol. The first-order chi connectivity index (χ1) is 10.9. The van der Waals surface area contributed by atoms with E-state index in [1.54, 1.807) is 24.3 Å². The number of rotatable bonds is 6. The van der Waals surface area contributed by atoms with Crippen LogP contribution in [0.3, 0.4) is 0 Å². The van der Waals surface area contributed by atoms with E-state index in [9.17, 15) is 13.5 Å². The molecule has 0 aliphatic heterocycles. The second-order valence-corrected chi connectivity index (χ2v) is 10.1. The summed E-state index contributed by atoms with van der Waals surface area (Å²) in [7, 11) is -3.70. The SMILES string of the molecule is O=S(=O)(NC[C@](O)(c1ccoc1)c1cccs1)c1ccc(Br)s1. The van der Waals surface area contributed by atoms with Crippen LogP contribution in [-0.2, 0) is 15.6 Å². The first-order valence-electron chi connectivity index (χ1n) is 6.46. The van der Waals surface area contributed by atoms with E-state index in [1.165, 1.54) is 29.9 Å². The normalized spacial score (nSPS) is 14.7. The Labute approximate surface area is 149 Å². The predicted octanol–water partition coefficient (Wildman–Crippen LogP) is 3.38. The average Bonchev–Trinajstić information content (AvgIpc) is 3.25. The van der Waals surface area contributed by atoms with Crippen molar-refractivity contribution in [2.24, 2.45) is 0 Å². The lowest BCUT2D eigenvalue weighted by atomic mass is 9.95. The molecule has 2 N–H and O–H groups in total. The van der Waals surface area contributed by atoms with Crippen LogP contribution >= 0.6 is 38.6 Å². The van der Waals surface area contributed by atoms with E-state index >= 15 is 0 Å². The Morgan fingerprint density at radius 1 is 1.30 bits per heavy atom. The third kappa shape index (κ3) is 3.44. The number of hydrogen-bond acceptors (Lipinski definition) is 6. The second kappa shape index (κ2) is 6.50. The molecule has 0 radical (unpaired) electrons. The maximum Gasteiger partial charge on any atom is 0.250 e. The summed E-state index contributed by atoms with van der Waals surface area (Å²) in [6, 6.07) is 8.36. The van der Waals surface area contributed by atoms with Crippen molar-refractivity contribution in [2.75, 3.05) is 6.54 Å². The summed E-state index contributed by atoms with van der Waals surface area (Å²) in [6.07, 6.45) is 2.86. The number of sulfonamides is 1. The van der Waals surface area contributed by atoms with Gasteiger partial charge in [0.05, 0.1) is 16.3 Å². The minimum Gasteiger partial charge on any atom is -0.472 e. The predicted molar refractivity (Wildman–Crippen MR) is 93.2 cm³/mol. The van der Waals surface area contributed by atoms with Crippen molar-refractivity contribution in [1.29, 1.82) is 0 Å². The standard InChI is InChI=1S/C14H12BrNO4S3/c15-12-3-4-13(22-12)23(18,19)16-9-14(17,10-5-6-20-8-10)11-2-1-7-21-11/h1-8,16-17H,9H2/t14-/m0/s1. The second-order valence-electron chi connectivity index (χ2n) is 4.73. The van der Waals surface area contributed by atoms with Crippen LogP contribution in [0.5, 0.6) is 0 Å². The Bertz CT molecular complexity index is 835. The molecule has 122 valence electrons. The highest BCUT2D eigenvalue weighted by molar-refractivity contribution is 9.11. The minimum absolute atomic E-state index is 0.185. The third-order valence-electron chi connectivity index (χ3n) is 3.26. The van der Waals surface area contributed by atoms with Gasteiger partial charge >= 0.3 is 0 Å². The van der Waals surface area contributed by atoms with E-state index in [-0.39, 0.29) is 10.8 Å². The van der Waals surface area contributed by atoms with Gasteiger partial charge in [0.1, 0.15) is 9.81 Å². The molecule has 0 aliphatic rings. The summed E-state index contributed by atoms with van der Waals surface area (Å²) in [5, 5.41) is 12.9. The van der Waals surface area contributed by atoms with E-state index < -0.39 is 15.6 Å². The van der Waals surface area contributed by atoms with Gasteiger partial charge < -0.3 is 9.52 Å². The topological polar surface area (TPSA) is 79.5 Å². The number of halogens is 1. The molecule has 0 aromatic carbocycles. The Balaban J connectivity index is 1.89. The number of aliphatic hydroxyl groups is 1. The van der Waals surface area contributed by atoms with Crippen LogP contribution in [0.15, 0.2) is 60.7 Å². The Kier molecular flexibility index (Phi) is 4.77. The zero-order valence-electron chi connectivity index (χ0n) is 11.6. The molecule has 3 heterocycles. The number of thiophene rings is 2. The maximum atomic E-state index is 12.4. The summed E-state index contributed by atoms with van der Waals surface area (Å²) in [6.45, 7) is -0.190. The van der Waals surface area contributed by atoms with Gasteiger partial charge in [-0.25, -0.2) is 13.1 Å². The lowest BCUT2D eigenvalue weighted by molar-refractivity contribution is 0.0892. The zero-order valence-corrected chi connectivity index (χ0v) is 15.6. The van der Waals surface area contributed by atoms with Crippen molar-refractivity contribution in [1.82, 2.24) is 4.72 Å². The van der Waals surface area contributed by atoms with Crippen molar-refractivity contribution in [3.05, 3.63) is 62.5 Å². The van der Waals surface area contributed by atoms with Gasteiger partial charge in [0.25, 0.3) is 0 Å². The van der Waals surface area contributed by atoms with Gasteiger partial charge in [-0.15, -0.1) is 22.7 Å². The molecule has 0 bridgehead atoms. The Morgan fingerprint density at radius 3 is 2.70 bits per heavy atom. The van der Waals surface area contributed by atoms with Gasteiger partial charge in [-0.3, -0.25) is 0 Å². The van der Waals surface area contributed by atoms with Crippen molar-refractivity contribution < 1.29 is 17.9 Å². The largest absolute Gasteiger partial charge is 0.472 e. The lowest BCUT2D eigenvalue weighted by Gasteiger charge is -2.26. The van der Waals surface area contributed by atoms with Gasteiger partial charge in [0.15, 0.2) is 0 Å². The fourth-order valence-electron chi connectivity index (χ4n) is 2.06. The van der Waals surface area contributed by atoms with Crippen LogP contribution in [0.25, 0.3) is 0 Å². The average molecular weight is 434 g/mol. The molecule has 0 aliphatic carbocycles. The molecular formula is C14H12BrNO4S3. The highest BCUT2D eigenvalue weighted by Crippen LogP contribution is 2.33. The summed E-state index contributed by atoms with van der Waals surface area (Å²) in [5.41, 5.74) is -0.988. The van der Waals surface area contributed by atoms with Crippen LogP contribution in [0.1, 0.15) is 10.4 Å². The lowest BCUT2D eigenvalue weighted by Crippen LogP contribution is -2.40. The van der Waals surface area contributed by atoms with E-state index in [4.69, 9.17) is 4.42 Å². The fraction of sp³-hybridized carbons (Fsp3) is 0.143. The number of hydrogen-bond donors (Lipinski definition) is 2. The molecule has 3 rings (SSSR count). The summed E-state index contributed by atoms with van der Waals surface area (Å²) in [5.74, 6) is 0. The number of furan rings is 1. The van der Waals surface area contributed by atoms with Gasteiger partial charge in [-0.1, -0.05) is 6.07 Å². The molecule has 23 heavy (non-hydrogen) atoms. The third-order valence-corrected chi connectivity index (χ3v) is 7.80.